The summed E-state index contributed by atoms with van der Waals surface area (Å²) in [5, 5.41) is 12.8. The van der Waals surface area contributed by atoms with Crippen LogP contribution in [0.5, 0.6) is 0 Å². The average molecular weight is 272 g/mol. The summed E-state index contributed by atoms with van der Waals surface area (Å²) in [6.07, 6.45) is 1.84. The SMILES string of the molecule is CC1(C)CC(=O)N2C=C(C(=O)O)C(c3ccccc3)N21. The van der Waals surface area contributed by atoms with Gasteiger partial charge in [-0.1, -0.05) is 30.3 Å². The van der Waals surface area contributed by atoms with Crippen LogP contribution in [0.25, 0.3) is 0 Å². The monoisotopic (exact) mass is 272 g/mol. The van der Waals surface area contributed by atoms with Crippen molar-refractivity contribution in [2.24, 2.45) is 0 Å². The van der Waals surface area contributed by atoms with Crippen LogP contribution in [-0.4, -0.2) is 32.5 Å². The molecule has 1 aromatic carbocycles. The Balaban J connectivity index is 2.12. The van der Waals surface area contributed by atoms with Gasteiger partial charge in [0.05, 0.1) is 11.6 Å². The minimum Gasteiger partial charge on any atom is -0.478 e. The van der Waals surface area contributed by atoms with Crippen molar-refractivity contribution in [3.63, 3.8) is 0 Å². The normalized spacial score (nSPS) is 24.7. The lowest BCUT2D eigenvalue weighted by atomic mass is 9.93. The molecule has 3 rings (SSSR count). The minimum atomic E-state index is -0.989. The molecule has 2 heterocycles. The molecule has 1 aromatic rings. The quantitative estimate of drug-likeness (QED) is 0.893. The maximum absolute atomic E-state index is 12.1. The molecule has 1 saturated heterocycles. The van der Waals surface area contributed by atoms with Gasteiger partial charge in [0.25, 0.3) is 0 Å². The molecule has 104 valence electrons. The molecule has 1 amide bonds. The second-order valence-electron chi connectivity index (χ2n) is 5.77. The van der Waals surface area contributed by atoms with Gasteiger partial charge in [-0.15, -0.1) is 0 Å². The van der Waals surface area contributed by atoms with Gasteiger partial charge in [-0.05, 0) is 19.4 Å². The van der Waals surface area contributed by atoms with Crippen LogP contribution in [0.4, 0.5) is 0 Å². The Hall–Kier alpha value is -2.14. The summed E-state index contributed by atoms with van der Waals surface area (Å²) in [7, 11) is 0. The van der Waals surface area contributed by atoms with Crippen LogP contribution >= 0.6 is 0 Å². The van der Waals surface area contributed by atoms with Crippen molar-refractivity contribution in [2.75, 3.05) is 0 Å². The van der Waals surface area contributed by atoms with E-state index in [4.69, 9.17) is 0 Å². The van der Waals surface area contributed by atoms with Gasteiger partial charge in [0, 0.05) is 18.2 Å². The highest BCUT2D eigenvalue weighted by Gasteiger charge is 2.52. The number of hydrazine groups is 1. The van der Waals surface area contributed by atoms with Crippen LogP contribution in [0.3, 0.4) is 0 Å². The fraction of sp³-hybridized carbons (Fsp3) is 0.333. The van der Waals surface area contributed by atoms with Crippen LogP contribution < -0.4 is 0 Å². The molecule has 0 spiro atoms. The van der Waals surface area contributed by atoms with Gasteiger partial charge in [0.2, 0.25) is 5.91 Å². The Bertz CT molecular complexity index is 607. The maximum Gasteiger partial charge on any atom is 0.335 e. The summed E-state index contributed by atoms with van der Waals surface area (Å²) in [6, 6.07) is 9.01. The number of carboxylic acids is 1. The third-order valence-electron chi connectivity index (χ3n) is 3.85. The van der Waals surface area contributed by atoms with E-state index >= 15 is 0 Å². The third-order valence-corrected chi connectivity index (χ3v) is 3.85. The highest BCUT2D eigenvalue weighted by molar-refractivity contribution is 5.91. The number of carbonyl (C=O) groups excluding carboxylic acids is 1. The van der Waals surface area contributed by atoms with Crippen LogP contribution in [0.1, 0.15) is 31.9 Å². The number of rotatable bonds is 2. The molecule has 5 nitrogen and oxygen atoms in total. The van der Waals surface area contributed by atoms with Crippen LogP contribution in [0.15, 0.2) is 42.1 Å². The lowest BCUT2D eigenvalue weighted by Gasteiger charge is -2.36. The van der Waals surface area contributed by atoms with Crippen LogP contribution in [-0.2, 0) is 9.59 Å². The number of fused-ring (bicyclic) bond motifs is 1. The van der Waals surface area contributed by atoms with Gasteiger partial charge in [-0.25, -0.2) is 9.80 Å². The van der Waals surface area contributed by atoms with Gasteiger partial charge < -0.3 is 5.11 Å². The van der Waals surface area contributed by atoms with Gasteiger partial charge in [-0.3, -0.25) is 4.79 Å². The highest BCUT2D eigenvalue weighted by Crippen LogP contribution is 2.46. The van der Waals surface area contributed by atoms with Crippen LogP contribution in [0, 0.1) is 0 Å². The van der Waals surface area contributed by atoms with Crippen molar-refractivity contribution >= 4 is 11.9 Å². The topological polar surface area (TPSA) is 60.9 Å². The van der Waals surface area contributed by atoms with Crippen molar-refractivity contribution in [2.45, 2.75) is 31.8 Å². The van der Waals surface area contributed by atoms with E-state index < -0.39 is 17.6 Å². The first kappa shape index (κ1) is 12.9. The molecule has 1 unspecified atom stereocenters. The van der Waals surface area contributed by atoms with E-state index in [1.165, 1.54) is 11.2 Å². The van der Waals surface area contributed by atoms with Crippen molar-refractivity contribution in [1.29, 1.82) is 0 Å². The third kappa shape index (κ3) is 1.74. The Morgan fingerprint density at radius 3 is 2.55 bits per heavy atom. The molecule has 2 aliphatic heterocycles. The summed E-state index contributed by atoms with van der Waals surface area (Å²) < 4.78 is 0. The molecule has 1 fully saturated rings. The number of hydrogen-bond acceptors (Lipinski definition) is 3. The molecule has 0 radical (unpaired) electrons. The standard InChI is InChI=1S/C15H16N2O3/c1-15(2)8-12(18)16-9-11(14(19)20)13(17(15)16)10-6-4-3-5-7-10/h3-7,9,13H,8H2,1-2H3,(H,19,20). The van der Waals surface area contributed by atoms with Gasteiger partial charge in [0.15, 0.2) is 0 Å². The Kier molecular flexibility index (Phi) is 2.69. The summed E-state index contributed by atoms with van der Waals surface area (Å²) in [5.74, 6) is -1.05. The van der Waals surface area contributed by atoms with E-state index in [1.807, 2.05) is 49.2 Å². The summed E-state index contributed by atoms with van der Waals surface area (Å²) >= 11 is 0. The van der Waals surface area contributed by atoms with E-state index in [0.29, 0.717) is 6.42 Å². The van der Waals surface area contributed by atoms with E-state index in [0.717, 1.165) is 5.56 Å². The van der Waals surface area contributed by atoms with Crippen molar-refractivity contribution in [3.05, 3.63) is 47.7 Å². The second-order valence-corrected chi connectivity index (χ2v) is 5.77. The van der Waals surface area contributed by atoms with E-state index in [9.17, 15) is 14.7 Å². The Morgan fingerprint density at radius 1 is 1.30 bits per heavy atom. The number of benzene rings is 1. The van der Waals surface area contributed by atoms with Gasteiger partial charge in [0.1, 0.15) is 0 Å². The number of nitrogens with zero attached hydrogens (tertiary/aromatic N) is 2. The van der Waals surface area contributed by atoms with Gasteiger partial charge >= 0.3 is 5.97 Å². The fourth-order valence-electron chi connectivity index (χ4n) is 3.01. The molecular weight excluding hydrogens is 256 g/mol. The van der Waals surface area contributed by atoms with Crippen molar-refractivity contribution < 1.29 is 14.7 Å². The predicted molar refractivity (Wildman–Crippen MR) is 72.3 cm³/mol. The van der Waals surface area contributed by atoms with Gasteiger partial charge in [-0.2, -0.15) is 5.01 Å². The molecule has 0 bridgehead atoms. The summed E-state index contributed by atoms with van der Waals surface area (Å²) in [6.45, 7) is 3.92. The second kappa shape index (κ2) is 4.18. The van der Waals surface area contributed by atoms with E-state index in [2.05, 4.69) is 0 Å². The minimum absolute atomic E-state index is 0.0628. The van der Waals surface area contributed by atoms with E-state index in [-0.39, 0.29) is 11.5 Å². The van der Waals surface area contributed by atoms with Crippen molar-refractivity contribution in [1.82, 2.24) is 10.0 Å². The largest absolute Gasteiger partial charge is 0.478 e. The Morgan fingerprint density at radius 2 is 1.95 bits per heavy atom. The van der Waals surface area contributed by atoms with E-state index in [1.54, 1.807) is 0 Å². The van der Waals surface area contributed by atoms with Crippen LogP contribution in [0.2, 0.25) is 0 Å². The maximum atomic E-state index is 12.1. The summed E-state index contributed by atoms with van der Waals surface area (Å²) in [5.41, 5.74) is 0.717. The molecule has 0 aromatic heterocycles. The molecule has 0 saturated carbocycles. The number of hydrogen-bond donors (Lipinski definition) is 1. The average Bonchev–Trinajstić information content (AvgIpc) is 2.89. The zero-order valence-electron chi connectivity index (χ0n) is 11.4. The first-order chi connectivity index (χ1) is 9.42. The molecular formula is C15H16N2O3. The molecule has 5 heteroatoms. The number of aliphatic carboxylic acids is 1. The molecule has 1 atom stereocenters. The fourth-order valence-corrected chi connectivity index (χ4v) is 3.01. The first-order valence-corrected chi connectivity index (χ1v) is 6.53. The number of amides is 1. The van der Waals surface area contributed by atoms with Crippen molar-refractivity contribution in [3.8, 4) is 0 Å². The highest BCUT2D eigenvalue weighted by atomic mass is 16.4. The molecule has 1 N–H and O–H groups in total. The predicted octanol–water partition coefficient (Wildman–Crippen LogP) is 1.94. The smallest absolute Gasteiger partial charge is 0.335 e. The zero-order valence-corrected chi connectivity index (χ0v) is 11.4. The summed E-state index contributed by atoms with van der Waals surface area (Å²) in [4.78, 5) is 23.6. The first-order valence-electron chi connectivity index (χ1n) is 6.53. The number of carboxylic acid groups (broad SMARTS) is 1. The molecule has 0 aliphatic carbocycles. The Labute approximate surface area is 117 Å². The lowest BCUT2D eigenvalue weighted by Crippen LogP contribution is -2.44. The zero-order chi connectivity index (χ0) is 14.5. The molecule has 20 heavy (non-hydrogen) atoms. The molecule has 2 aliphatic rings. The number of carbonyl (C=O) groups is 2. The lowest BCUT2D eigenvalue weighted by molar-refractivity contribution is -0.136.